The van der Waals surface area contributed by atoms with E-state index in [4.69, 9.17) is 16.9 Å². The van der Waals surface area contributed by atoms with Crippen LogP contribution in [0.1, 0.15) is 10.4 Å². The van der Waals surface area contributed by atoms with Gasteiger partial charge in [-0.1, -0.05) is 11.6 Å². The molecule has 1 heterocycles. The first-order valence-corrected chi connectivity index (χ1v) is 6.96. The molecule has 0 spiro atoms. The molecule has 1 N–H and O–H groups in total. The van der Waals surface area contributed by atoms with Crippen molar-refractivity contribution in [2.24, 2.45) is 0 Å². The second kappa shape index (κ2) is 5.70. The SMILES string of the molecule is N#Cc1cc(F)ccc1NCc1cc(Br)c(Cl)s1. The second-order valence-electron chi connectivity index (χ2n) is 3.49. The quantitative estimate of drug-likeness (QED) is 0.868. The van der Waals surface area contributed by atoms with E-state index in [1.165, 1.54) is 23.5 Å². The van der Waals surface area contributed by atoms with Crippen LogP contribution in [0.2, 0.25) is 4.34 Å². The summed E-state index contributed by atoms with van der Waals surface area (Å²) in [5, 5.41) is 12.0. The van der Waals surface area contributed by atoms with Gasteiger partial charge >= 0.3 is 0 Å². The lowest BCUT2D eigenvalue weighted by Gasteiger charge is -2.06. The lowest BCUT2D eigenvalue weighted by atomic mass is 10.2. The predicted octanol–water partition coefficient (Wildman–Crippen LogP) is 4.79. The van der Waals surface area contributed by atoms with Crippen molar-refractivity contribution in [1.29, 1.82) is 5.26 Å². The fraction of sp³-hybridized carbons (Fsp3) is 0.0833. The third kappa shape index (κ3) is 3.02. The number of nitriles is 1. The Morgan fingerprint density at radius 2 is 2.22 bits per heavy atom. The maximum atomic E-state index is 13.0. The monoisotopic (exact) mass is 344 g/mol. The summed E-state index contributed by atoms with van der Waals surface area (Å²) in [5.41, 5.74) is 0.899. The van der Waals surface area contributed by atoms with Crippen LogP contribution in [0.3, 0.4) is 0 Å². The Morgan fingerprint density at radius 3 is 2.83 bits per heavy atom. The maximum Gasteiger partial charge on any atom is 0.124 e. The van der Waals surface area contributed by atoms with Crippen molar-refractivity contribution < 1.29 is 4.39 Å². The zero-order valence-corrected chi connectivity index (χ0v) is 12.2. The fourth-order valence-electron chi connectivity index (χ4n) is 1.42. The molecule has 0 radical (unpaired) electrons. The summed E-state index contributed by atoms with van der Waals surface area (Å²) in [6.07, 6.45) is 0. The third-order valence-corrected chi connectivity index (χ3v) is 4.73. The average Bonchev–Trinajstić information content (AvgIpc) is 2.67. The number of nitrogens with one attached hydrogen (secondary N) is 1. The van der Waals surface area contributed by atoms with Crippen LogP contribution in [0.15, 0.2) is 28.7 Å². The Hall–Kier alpha value is -1.09. The predicted molar refractivity (Wildman–Crippen MR) is 75.5 cm³/mol. The molecule has 0 unspecified atom stereocenters. The number of rotatable bonds is 3. The summed E-state index contributed by atoms with van der Waals surface area (Å²) in [5.74, 6) is -0.418. The van der Waals surface area contributed by atoms with E-state index in [1.54, 1.807) is 6.07 Å². The molecule has 2 aromatic rings. The molecular formula is C12H7BrClFN2S. The largest absolute Gasteiger partial charge is 0.379 e. The van der Waals surface area contributed by atoms with Gasteiger partial charge in [-0.25, -0.2) is 4.39 Å². The molecule has 0 fully saturated rings. The Labute approximate surface area is 121 Å². The van der Waals surface area contributed by atoms with Crippen molar-refractivity contribution in [1.82, 2.24) is 0 Å². The van der Waals surface area contributed by atoms with Crippen LogP contribution in [-0.4, -0.2) is 0 Å². The van der Waals surface area contributed by atoms with Crippen LogP contribution in [0.4, 0.5) is 10.1 Å². The molecule has 1 aromatic heterocycles. The van der Waals surface area contributed by atoms with Crippen molar-refractivity contribution in [3.8, 4) is 6.07 Å². The van der Waals surface area contributed by atoms with Crippen LogP contribution in [-0.2, 0) is 6.54 Å². The van der Waals surface area contributed by atoms with E-state index in [9.17, 15) is 4.39 Å². The van der Waals surface area contributed by atoms with Crippen molar-refractivity contribution in [3.63, 3.8) is 0 Å². The number of hydrogen-bond donors (Lipinski definition) is 1. The first-order valence-electron chi connectivity index (χ1n) is 4.97. The first-order chi connectivity index (χ1) is 8.60. The van der Waals surface area contributed by atoms with Crippen LogP contribution in [0.25, 0.3) is 0 Å². The standard InChI is InChI=1S/C12H7BrClFN2S/c13-10-4-9(18-12(10)14)6-17-11-2-1-8(15)3-7(11)5-16/h1-4,17H,6H2. The van der Waals surface area contributed by atoms with Crippen molar-refractivity contribution >= 4 is 44.6 Å². The minimum Gasteiger partial charge on any atom is -0.379 e. The van der Waals surface area contributed by atoms with E-state index in [0.717, 1.165) is 9.35 Å². The van der Waals surface area contributed by atoms with Crippen LogP contribution in [0, 0.1) is 17.1 Å². The smallest absolute Gasteiger partial charge is 0.124 e. The molecule has 0 aliphatic carbocycles. The molecule has 0 bridgehead atoms. The van der Waals surface area contributed by atoms with Crippen LogP contribution in [0.5, 0.6) is 0 Å². The lowest BCUT2D eigenvalue weighted by molar-refractivity contribution is 0.627. The van der Waals surface area contributed by atoms with Crippen molar-refractivity contribution in [3.05, 3.63) is 49.3 Å². The van der Waals surface area contributed by atoms with Gasteiger partial charge < -0.3 is 5.32 Å². The van der Waals surface area contributed by atoms with Crippen LogP contribution >= 0.6 is 38.9 Å². The van der Waals surface area contributed by atoms with Gasteiger partial charge in [-0.3, -0.25) is 0 Å². The Balaban J connectivity index is 2.13. The molecular weight excluding hydrogens is 339 g/mol. The number of nitrogens with zero attached hydrogens (tertiary/aromatic N) is 1. The highest BCUT2D eigenvalue weighted by molar-refractivity contribution is 9.10. The molecule has 0 aliphatic rings. The number of hydrogen-bond acceptors (Lipinski definition) is 3. The van der Waals surface area contributed by atoms with Gasteiger partial charge in [0.1, 0.15) is 16.2 Å². The van der Waals surface area contributed by atoms with Gasteiger partial charge in [-0.2, -0.15) is 5.26 Å². The van der Waals surface area contributed by atoms with Gasteiger partial charge in [0.2, 0.25) is 0 Å². The average molecular weight is 346 g/mol. The molecule has 2 rings (SSSR count). The number of anilines is 1. The molecule has 0 saturated heterocycles. The summed E-state index contributed by atoms with van der Waals surface area (Å²) in [7, 11) is 0. The second-order valence-corrected chi connectivity index (χ2v) is 6.08. The number of benzene rings is 1. The summed E-state index contributed by atoms with van der Waals surface area (Å²) >= 11 is 10.7. The number of thiophene rings is 1. The highest BCUT2D eigenvalue weighted by Crippen LogP contribution is 2.32. The van der Waals surface area contributed by atoms with E-state index >= 15 is 0 Å². The van der Waals surface area contributed by atoms with Crippen molar-refractivity contribution in [2.75, 3.05) is 5.32 Å². The minimum absolute atomic E-state index is 0.289. The van der Waals surface area contributed by atoms with E-state index in [1.807, 2.05) is 12.1 Å². The minimum atomic E-state index is -0.418. The molecule has 6 heteroatoms. The Morgan fingerprint density at radius 1 is 1.44 bits per heavy atom. The van der Waals surface area contributed by atoms with Crippen LogP contribution < -0.4 is 5.32 Å². The first kappa shape index (κ1) is 13.3. The normalized spacial score (nSPS) is 10.1. The van der Waals surface area contributed by atoms with Gasteiger partial charge in [0, 0.05) is 15.9 Å². The molecule has 0 saturated carbocycles. The molecule has 0 amide bonds. The van der Waals surface area contributed by atoms with E-state index < -0.39 is 5.82 Å². The lowest BCUT2D eigenvalue weighted by Crippen LogP contribution is -1.99. The fourth-order valence-corrected chi connectivity index (χ4v) is 3.15. The van der Waals surface area contributed by atoms with Gasteiger partial charge in [0.25, 0.3) is 0 Å². The zero-order valence-electron chi connectivity index (χ0n) is 9.01. The molecule has 92 valence electrons. The summed E-state index contributed by atoms with van der Waals surface area (Å²) in [6, 6.07) is 7.95. The van der Waals surface area contributed by atoms with Gasteiger partial charge in [0.15, 0.2) is 0 Å². The third-order valence-electron chi connectivity index (χ3n) is 2.25. The van der Waals surface area contributed by atoms with Crippen molar-refractivity contribution in [2.45, 2.75) is 6.54 Å². The molecule has 1 aromatic carbocycles. The maximum absolute atomic E-state index is 13.0. The van der Waals surface area contributed by atoms with Gasteiger partial charge in [0.05, 0.1) is 11.3 Å². The highest BCUT2D eigenvalue weighted by atomic mass is 79.9. The topological polar surface area (TPSA) is 35.8 Å². The zero-order chi connectivity index (χ0) is 13.1. The molecule has 0 aliphatic heterocycles. The Kier molecular flexibility index (Phi) is 4.23. The number of halogens is 3. The van der Waals surface area contributed by atoms with E-state index in [0.29, 0.717) is 16.6 Å². The molecule has 0 atom stereocenters. The van der Waals surface area contributed by atoms with E-state index in [-0.39, 0.29) is 5.56 Å². The van der Waals surface area contributed by atoms with Gasteiger partial charge in [-0.05, 0) is 40.2 Å². The summed E-state index contributed by atoms with van der Waals surface area (Å²) in [4.78, 5) is 1.03. The summed E-state index contributed by atoms with van der Waals surface area (Å²) < 4.78 is 14.5. The Bertz CT molecular complexity index is 602. The summed E-state index contributed by atoms with van der Waals surface area (Å²) in [6.45, 7) is 0.538. The van der Waals surface area contributed by atoms with E-state index in [2.05, 4.69) is 21.2 Å². The molecule has 18 heavy (non-hydrogen) atoms. The van der Waals surface area contributed by atoms with Gasteiger partial charge in [-0.15, -0.1) is 11.3 Å². The highest BCUT2D eigenvalue weighted by Gasteiger charge is 2.06. The molecule has 2 nitrogen and oxygen atoms in total.